The average Bonchev–Trinajstić information content (AvgIpc) is 1.53. The molecule has 2 fully saturated rings. The molecule has 5 unspecified atom stereocenters. The first-order valence-electron chi connectivity index (χ1n) is 32.9. The number of hydrogen-bond acceptors (Lipinski definition) is 23. The second-order valence-electron chi connectivity index (χ2n) is 28.6. The van der Waals surface area contributed by atoms with E-state index in [4.69, 9.17) is 68.3 Å². The van der Waals surface area contributed by atoms with Crippen molar-refractivity contribution < 1.29 is 133 Å². The van der Waals surface area contributed by atoms with Crippen molar-refractivity contribution >= 4 is 102 Å². The summed E-state index contributed by atoms with van der Waals surface area (Å²) in [6.07, 6.45) is -5.97. The van der Waals surface area contributed by atoms with Crippen molar-refractivity contribution in [3.63, 3.8) is 0 Å². The number of phosphoric acid groups is 1. The summed E-state index contributed by atoms with van der Waals surface area (Å²) in [5.74, 6) is -8.83. The Balaban J connectivity index is 0.00000145. The smallest absolute Gasteiger partial charge is 0.756 e. The normalized spacial score (nSPS) is 31.4. The number of ether oxygens (including phenoxy) is 1. The number of carboxylic acid groups (broad SMARTS) is 2. The number of allylic oxidation sites excluding steroid dienone is 6. The van der Waals surface area contributed by atoms with Gasteiger partial charge in [-0.3, -0.25) is 53.1 Å². The Hall–Kier alpha value is -6.40. The van der Waals surface area contributed by atoms with Crippen molar-refractivity contribution in [2.75, 3.05) is 18.9 Å². The first-order chi connectivity index (χ1) is 46.4. The summed E-state index contributed by atoms with van der Waals surface area (Å²) < 4.78 is 31.9. The number of amides is 8. The van der Waals surface area contributed by atoms with E-state index in [9.17, 15) is 67.9 Å². The van der Waals surface area contributed by atoms with Gasteiger partial charge in [-0.25, -0.2) is 9.78 Å². The van der Waals surface area contributed by atoms with Gasteiger partial charge < -0.3 is 98.8 Å². The fourth-order valence-corrected chi connectivity index (χ4v) is 17.1. The number of nitrogens with one attached hydrogen (secondary N) is 3. The van der Waals surface area contributed by atoms with Gasteiger partial charge in [0.2, 0.25) is 41.4 Å². The topological polar surface area (TPSA) is 552 Å². The van der Waals surface area contributed by atoms with Gasteiger partial charge in [0.15, 0.2) is 6.23 Å². The van der Waals surface area contributed by atoms with Crippen molar-refractivity contribution in [3.8, 4) is 0 Å². The summed E-state index contributed by atoms with van der Waals surface area (Å²) in [6.45, 7) is 19.1. The Morgan fingerprint density at radius 1 is 0.824 bits per heavy atom. The van der Waals surface area contributed by atoms with E-state index in [2.05, 4.69) is 28.2 Å². The molecule has 1 aromatic carbocycles. The third kappa shape index (κ3) is 18.1. The largest absolute Gasteiger partial charge is 1.00 e. The maximum absolute atomic E-state index is 14.4. The van der Waals surface area contributed by atoms with Gasteiger partial charge in [0.25, 0.3) is 7.82 Å². The van der Waals surface area contributed by atoms with Crippen LogP contribution < -0.4 is 89.9 Å². The molecule has 7 heterocycles. The van der Waals surface area contributed by atoms with Gasteiger partial charge in [-0.05, 0) is 108 Å². The number of hydrogen-bond donors (Lipinski definition) is 13. The number of nitrogens with zero attached hydrogens (tertiary/aromatic N) is 5. The van der Waals surface area contributed by atoms with Crippen LogP contribution in [0, 0.1) is 59.2 Å². The summed E-state index contributed by atoms with van der Waals surface area (Å²) in [4.78, 5) is 148. The molecule has 559 valence electrons. The van der Waals surface area contributed by atoms with Crippen molar-refractivity contribution in [3.05, 3.63) is 63.9 Å². The molecule has 1 aromatic heterocycles. The number of aliphatic hydroxyl groups is 2. The van der Waals surface area contributed by atoms with Crippen LogP contribution in [0.2, 0.25) is 0 Å². The molecule has 8 bridgehead atoms. The molecule has 1 radical (unpaired) electrons. The van der Waals surface area contributed by atoms with E-state index in [1.807, 2.05) is 87.4 Å². The molecule has 16 atom stereocenters. The molecule has 6 aliphatic heterocycles. The van der Waals surface area contributed by atoms with Gasteiger partial charge >= 0.3 is 35.7 Å². The van der Waals surface area contributed by atoms with E-state index in [1.165, 1.54) is 17.8 Å². The van der Waals surface area contributed by atoms with E-state index in [0.29, 0.717) is 56.4 Å². The molecule has 2 aromatic rings. The number of aliphatic imine (C=N–C) groups is 3. The average molecular weight is 1520 g/mol. The number of aliphatic hydroxyl groups excluding tert-OH is 2. The number of fused-ring (bicyclic) bond motifs is 7. The van der Waals surface area contributed by atoms with Crippen LogP contribution in [0.3, 0.4) is 0 Å². The van der Waals surface area contributed by atoms with Crippen LogP contribution in [-0.4, -0.2) is 156 Å². The molecule has 0 spiro atoms. The molecule has 0 aliphatic carbocycles. The summed E-state index contributed by atoms with van der Waals surface area (Å²) >= 11 is 3.58. The zero-order valence-corrected chi connectivity index (χ0v) is 64.3. The van der Waals surface area contributed by atoms with Crippen LogP contribution in [-0.2, 0) is 73.5 Å². The third-order valence-electron chi connectivity index (χ3n) is 21.3. The van der Waals surface area contributed by atoms with Gasteiger partial charge in [-0.2, -0.15) is 12.6 Å². The van der Waals surface area contributed by atoms with Gasteiger partial charge in [0, 0.05) is 154 Å². The number of phosphoric ester groups is 1. The second-order valence-corrected chi connectivity index (χ2v) is 30.2. The Bertz CT molecular complexity index is 3880. The molecular formula is C66H95CoN14NaO18PS-. The number of aryl methyl sites for hydroxylation is 2. The fourth-order valence-electron chi connectivity index (χ4n) is 15.8. The van der Waals surface area contributed by atoms with Gasteiger partial charge in [-0.15, -0.1) is 0 Å². The molecular weight excluding hydrogens is 1420 g/mol. The molecule has 32 nitrogen and oxygen atoms in total. The van der Waals surface area contributed by atoms with Crippen LogP contribution in [0.1, 0.15) is 150 Å². The predicted octanol–water partition coefficient (Wildman–Crippen LogP) is -2.16. The van der Waals surface area contributed by atoms with Gasteiger partial charge in [-0.1, -0.05) is 34.6 Å². The molecule has 2 saturated heterocycles. The third-order valence-corrected chi connectivity index (χ3v) is 22.8. The summed E-state index contributed by atoms with van der Waals surface area (Å²) in [7, 11) is -5.32. The van der Waals surface area contributed by atoms with E-state index in [-0.39, 0.29) is 129 Å². The molecule has 18 N–H and O–H groups in total. The van der Waals surface area contributed by atoms with Crippen molar-refractivity contribution in [1.82, 2.24) is 25.5 Å². The van der Waals surface area contributed by atoms with Gasteiger partial charge in [0.05, 0.1) is 53.7 Å². The van der Waals surface area contributed by atoms with Gasteiger partial charge in [0.1, 0.15) is 18.3 Å². The number of aromatic nitrogens is 2. The fraction of sp³-hybridized carbons (Fsp3) is 0.621. The molecule has 8 amide bonds. The Kier molecular flexibility index (Phi) is 28.6. The van der Waals surface area contributed by atoms with Crippen molar-refractivity contribution in [2.45, 2.75) is 195 Å². The SMILES string of the molecule is C/C1=C2N=C(/C=C3\N/C(=C(/C)C4=NC(C)(C5N=C1[C@](C)(CCC(=O)NCC(C)OP(=O)([O-])O[C@@H]1[C@@H](O)[C@@H](n6cnc7cc(C)c(C)cc76)O[C@@H]1CO)C5CC(N)=O)[C@@](C)(CC(N)=O)[C@@H]4CCC(N)=O)[C@@](C)(CC(N)=O)[C@@H]3CCC(N)=O)C(C)(C)[C@@H]/2CCC(N)=O.O=C(O)N[C@@H](CS)C(=O)[O-].[Co].[Na+]. The first-order valence-corrected chi connectivity index (χ1v) is 35.0. The number of nitrogens with two attached hydrogens (primary N) is 6. The number of imidazole rings is 1. The second kappa shape index (κ2) is 33.8. The first kappa shape index (κ1) is 86.2. The zero-order chi connectivity index (χ0) is 74.9. The number of rotatable bonds is 29. The predicted molar refractivity (Wildman–Crippen MR) is 365 cm³/mol. The Morgan fingerprint density at radius 3 is 1.93 bits per heavy atom. The number of aliphatic carboxylic acids is 1. The van der Waals surface area contributed by atoms with Crippen molar-refractivity contribution in [1.29, 1.82) is 0 Å². The number of thiol groups is 1. The number of carbonyl (C=O) groups is 9. The number of benzene rings is 1. The standard InChI is InChI=1S/C62H90N13O14P.C4H7NO4S.Co.Na/c1-29-20-39-40(21-30(29)2)75(28-70-39)57-52(84)53(41(27-76)87-57)89-90(85,86)88-31(3)26-69-49(83)18-19-59(8)37(22-46(66)80)56-62(11)61(10,25-48(68)82)36(14-17-45(65)79)51(74-62)33(5)55-60(9,24-47(67)81)34(12-15-43(63)77)38(71-55)23-42-58(6,7)35(13-16-44(64)78)50(72-42)32(4)54(59)73-56;6-3(7)2(1-10)5-4(8)9;;/h20-21,23,28,31,34-37,41,52-53,56-57,71,76,84H,12-19,22,24-27H2,1-11H3,(H2,63,77)(H2,64,78)(H2,65,79)(H2,66,80)(H2,67,81)(H2,68,82)(H,69,83)(H,85,86);2,5,10H,1H2,(H,6,7)(H,8,9);;/q;;;+1/p-2/b38-23-,50-32-,55-33-;;;/t31?,34-,35-,36-,37?,41-,52-,53+,56?,57+,59-,60+,61+,62?;2-;;/m10../s1. The number of carboxylic acids is 1. The number of primary amides is 6. The molecule has 0 saturated carbocycles. The van der Waals surface area contributed by atoms with Crippen LogP contribution in [0.15, 0.2) is 67.8 Å². The maximum Gasteiger partial charge on any atom is 1.00 e. The summed E-state index contributed by atoms with van der Waals surface area (Å²) in [6, 6.07) is 1.43. The minimum Gasteiger partial charge on any atom is -0.756 e. The zero-order valence-electron chi connectivity index (χ0n) is 59.5. The van der Waals surface area contributed by atoms with E-state index >= 15 is 0 Å². The number of carbonyl (C=O) groups excluding carboxylic acids is 8. The van der Waals surface area contributed by atoms with Crippen LogP contribution in [0.4, 0.5) is 4.79 Å². The van der Waals surface area contributed by atoms with Crippen LogP contribution in [0.5, 0.6) is 0 Å². The van der Waals surface area contributed by atoms with Crippen LogP contribution in [0.25, 0.3) is 11.0 Å². The minimum absolute atomic E-state index is 0. The minimum atomic E-state index is -5.32. The Labute approximate surface area is 629 Å². The Morgan fingerprint density at radius 2 is 1.40 bits per heavy atom. The van der Waals surface area contributed by atoms with Crippen molar-refractivity contribution in [2.24, 2.45) is 94.7 Å². The summed E-state index contributed by atoms with van der Waals surface area (Å²) in [5, 5.41) is 47.9. The van der Waals surface area contributed by atoms with Crippen LogP contribution >= 0.6 is 20.5 Å². The molecule has 102 heavy (non-hydrogen) atoms. The maximum atomic E-state index is 14.4. The molecule has 36 heteroatoms. The quantitative estimate of drug-likeness (QED) is 0.0234. The van der Waals surface area contributed by atoms with E-state index < -0.39 is 161 Å². The van der Waals surface area contributed by atoms with E-state index in [0.717, 1.165) is 11.1 Å². The monoisotopic (exact) mass is 1520 g/mol. The molecule has 8 rings (SSSR count). The summed E-state index contributed by atoms with van der Waals surface area (Å²) in [5.41, 5.74) is 37.2. The van der Waals surface area contributed by atoms with E-state index in [1.54, 1.807) is 5.32 Å². The molecule has 6 aliphatic rings.